The summed E-state index contributed by atoms with van der Waals surface area (Å²) in [4.78, 5) is 15.1. The van der Waals surface area contributed by atoms with Crippen LogP contribution in [0.15, 0.2) is 66.7 Å². The molecule has 3 aromatic carbocycles. The molecule has 56 heavy (non-hydrogen) atoms. The lowest BCUT2D eigenvalue weighted by Crippen LogP contribution is -2.51. The van der Waals surface area contributed by atoms with Crippen molar-refractivity contribution in [2.45, 2.75) is 84.6 Å². The minimum Gasteiger partial charge on any atom is -0.491 e. The number of rotatable bonds is 24. The molecule has 0 saturated heterocycles. The van der Waals surface area contributed by atoms with Crippen LogP contribution in [0.25, 0.3) is 0 Å². The third-order valence-electron chi connectivity index (χ3n) is 8.79. The van der Waals surface area contributed by atoms with Gasteiger partial charge in [0.2, 0.25) is 0 Å². The number of aliphatic hydroxyl groups excluding tert-OH is 1. The van der Waals surface area contributed by atoms with E-state index in [0.29, 0.717) is 43.7 Å². The molecular weight excluding hydrogens is 745 g/mol. The van der Waals surface area contributed by atoms with Gasteiger partial charge in [0.05, 0.1) is 58.9 Å². The van der Waals surface area contributed by atoms with E-state index in [2.05, 4.69) is 33.9 Å². The fourth-order valence-electron chi connectivity index (χ4n) is 4.81. The molecule has 0 aliphatic heterocycles. The van der Waals surface area contributed by atoms with Crippen LogP contribution in [0.5, 0.6) is 17.2 Å². The van der Waals surface area contributed by atoms with E-state index >= 15 is 0 Å². The van der Waals surface area contributed by atoms with Gasteiger partial charge in [-0.25, -0.2) is 13.6 Å². The zero-order valence-corrected chi connectivity index (χ0v) is 35.2. The number of hydrogen-bond donors (Lipinski definition) is 1. The largest absolute Gasteiger partial charge is 0.491 e. The predicted octanol–water partition coefficient (Wildman–Crippen LogP) is 8.17. The van der Waals surface area contributed by atoms with Gasteiger partial charge in [0.15, 0.2) is 19.8 Å². The molecule has 0 aliphatic carbocycles. The topological polar surface area (TPSA) is 114 Å². The van der Waals surface area contributed by atoms with Crippen LogP contribution in [0.3, 0.4) is 0 Å². The molecule has 1 atom stereocenters. The standard InChI is InChI=1S/C42H61F2NO10Si/c1-41(2,3)54-40(47)45(19-21-48-23-25-50-26-24-49-22-20-46)28-37(55-56(7,8)42(4,5)6)31-51-36-17-18-38(52-29-32-9-13-34(43)14-10-32)39(27-36)53-30-33-11-15-35(44)16-12-33/h9-18,27,37,46H,19-26,28-31H2,1-8H3/t37-/m1/s1. The van der Waals surface area contributed by atoms with Gasteiger partial charge >= 0.3 is 6.09 Å². The molecule has 3 rings (SSSR count). The number of hydrogen-bond acceptors (Lipinski definition) is 10. The van der Waals surface area contributed by atoms with Crippen LogP contribution in [-0.4, -0.2) is 102 Å². The Bertz CT molecular complexity index is 1580. The average Bonchev–Trinajstić information content (AvgIpc) is 3.12. The maximum Gasteiger partial charge on any atom is 0.410 e. The highest BCUT2D eigenvalue weighted by atomic mass is 28.4. The molecule has 0 saturated carbocycles. The Balaban J connectivity index is 1.78. The summed E-state index contributed by atoms with van der Waals surface area (Å²) in [5, 5.41) is 8.68. The zero-order chi connectivity index (χ0) is 41.2. The van der Waals surface area contributed by atoms with E-state index in [4.69, 9.17) is 42.7 Å². The van der Waals surface area contributed by atoms with Crippen molar-refractivity contribution in [3.8, 4) is 17.2 Å². The molecule has 1 amide bonds. The molecule has 0 radical (unpaired) electrons. The van der Waals surface area contributed by atoms with Gasteiger partial charge in [-0.3, -0.25) is 0 Å². The lowest BCUT2D eigenvalue weighted by atomic mass is 10.2. The smallest absolute Gasteiger partial charge is 0.410 e. The quantitative estimate of drug-likeness (QED) is 0.0703. The maximum absolute atomic E-state index is 13.6. The summed E-state index contributed by atoms with van der Waals surface area (Å²) in [5.41, 5.74) is 0.808. The van der Waals surface area contributed by atoms with Crippen molar-refractivity contribution in [2.75, 3.05) is 65.9 Å². The van der Waals surface area contributed by atoms with Gasteiger partial charge in [0.25, 0.3) is 0 Å². The van der Waals surface area contributed by atoms with E-state index in [-0.39, 0.29) is 69.4 Å². The number of carbonyl (C=O) groups is 1. The molecule has 0 aromatic heterocycles. The van der Waals surface area contributed by atoms with Crippen molar-refractivity contribution in [1.29, 1.82) is 0 Å². The number of aliphatic hydroxyl groups is 1. The summed E-state index contributed by atoms with van der Waals surface area (Å²) < 4.78 is 74.8. The summed E-state index contributed by atoms with van der Waals surface area (Å²) in [6.07, 6.45) is -1.04. The van der Waals surface area contributed by atoms with Crippen LogP contribution in [0, 0.1) is 11.6 Å². The number of benzene rings is 3. The van der Waals surface area contributed by atoms with Gasteiger partial charge in [0, 0.05) is 12.6 Å². The van der Waals surface area contributed by atoms with E-state index in [1.165, 1.54) is 24.3 Å². The second kappa shape index (κ2) is 22.8. The Morgan fingerprint density at radius 2 is 1.23 bits per heavy atom. The van der Waals surface area contributed by atoms with E-state index in [0.717, 1.165) is 11.1 Å². The van der Waals surface area contributed by atoms with E-state index in [1.54, 1.807) is 47.4 Å². The molecule has 312 valence electrons. The predicted molar refractivity (Wildman–Crippen MR) is 213 cm³/mol. The lowest BCUT2D eigenvalue weighted by molar-refractivity contribution is -0.00852. The molecule has 0 bridgehead atoms. The van der Waals surface area contributed by atoms with Crippen molar-refractivity contribution in [3.63, 3.8) is 0 Å². The van der Waals surface area contributed by atoms with Gasteiger partial charge in [-0.05, 0) is 86.4 Å². The SMILES string of the molecule is CC(C)(C)OC(=O)N(CCOCCOCCOCCO)C[C@H](COc1ccc(OCc2ccc(F)cc2)c(OCc2ccc(F)cc2)c1)O[Si](C)(C)C(C)(C)C. The average molecular weight is 806 g/mol. The monoisotopic (exact) mass is 805 g/mol. The first-order valence-corrected chi connectivity index (χ1v) is 21.9. The third kappa shape index (κ3) is 17.6. The Labute approximate surface area is 332 Å². The van der Waals surface area contributed by atoms with Crippen LogP contribution in [0.4, 0.5) is 13.6 Å². The molecule has 0 unspecified atom stereocenters. The van der Waals surface area contributed by atoms with E-state index in [9.17, 15) is 13.6 Å². The van der Waals surface area contributed by atoms with Crippen molar-refractivity contribution < 1.29 is 56.3 Å². The number of ether oxygens (including phenoxy) is 7. The summed E-state index contributed by atoms with van der Waals surface area (Å²) in [5.74, 6) is 0.629. The Kier molecular flexibility index (Phi) is 19.0. The van der Waals surface area contributed by atoms with Crippen molar-refractivity contribution in [1.82, 2.24) is 4.90 Å². The van der Waals surface area contributed by atoms with Crippen LogP contribution >= 0.6 is 0 Å². The molecule has 3 aromatic rings. The minimum absolute atomic E-state index is 0.0370. The first-order valence-electron chi connectivity index (χ1n) is 19.0. The summed E-state index contributed by atoms with van der Waals surface area (Å²) in [6.45, 7) is 18.9. The highest BCUT2D eigenvalue weighted by Crippen LogP contribution is 2.38. The number of amides is 1. The molecule has 11 nitrogen and oxygen atoms in total. The fourth-order valence-corrected chi connectivity index (χ4v) is 6.14. The summed E-state index contributed by atoms with van der Waals surface area (Å²) >= 11 is 0. The zero-order valence-electron chi connectivity index (χ0n) is 34.2. The number of nitrogens with zero attached hydrogens (tertiary/aromatic N) is 1. The van der Waals surface area contributed by atoms with Crippen LogP contribution in [0.1, 0.15) is 52.7 Å². The Morgan fingerprint density at radius 3 is 1.75 bits per heavy atom. The maximum atomic E-state index is 13.6. The van der Waals surface area contributed by atoms with E-state index < -0.39 is 26.1 Å². The highest BCUT2D eigenvalue weighted by Gasteiger charge is 2.40. The van der Waals surface area contributed by atoms with Gasteiger partial charge in [-0.2, -0.15) is 0 Å². The minimum atomic E-state index is -2.37. The van der Waals surface area contributed by atoms with Crippen LogP contribution in [-0.2, 0) is 36.6 Å². The van der Waals surface area contributed by atoms with Gasteiger partial charge in [0.1, 0.15) is 42.8 Å². The fraction of sp³-hybridized carbons (Fsp3) is 0.548. The molecular formula is C42H61F2NO10Si. The Morgan fingerprint density at radius 1 is 0.714 bits per heavy atom. The highest BCUT2D eigenvalue weighted by molar-refractivity contribution is 6.74. The molecule has 14 heteroatoms. The summed E-state index contributed by atoms with van der Waals surface area (Å²) in [6, 6.07) is 17.3. The van der Waals surface area contributed by atoms with Crippen molar-refractivity contribution in [2.24, 2.45) is 0 Å². The van der Waals surface area contributed by atoms with Gasteiger partial charge < -0.3 is 47.6 Å². The molecule has 0 aliphatic rings. The van der Waals surface area contributed by atoms with Gasteiger partial charge in [-0.15, -0.1) is 0 Å². The Hall–Kier alpha value is -3.79. The first-order chi connectivity index (χ1) is 26.5. The van der Waals surface area contributed by atoms with E-state index in [1.807, 2.05) is 20.8 Å². The first kappa shape index (κ1) is 46.6. The van der Waals surface area contributed by atoms with Crippen molar-refractivity contribution in [3.05, 3.63) is 89.5 Å². The third-order valence-corrected chi connectivity index (χ3v) is 13.3. The van der Waals surface area contributed by atoms with Gasteiger partial charge in [-0.1, -0.05) is 45.0 Å². The molecule has 0 spiro atoms. The second-order valence-corrected chi connectivity index (χ2v) is 20.5. The molecule has 0 heterocycles. The van der Waals surface area contributed by atoms with Crippen molar-refractivity contribution >= 4 is 14.4 Å². The normalized spacial score (nSPS) is 12.6. The van der Waals surface area contributed by atoms with Crippen LogP contribution in [0.2, 0.25) is 18.1 Å². The number of carbonyl (C=O) groups excluding carboxylic acids is 1. The summed E-state index contributed by atoms with van der Waals surface area (Å²) in [7, 11) is -2.37. The second-order valence-electron chi connectivity index (χ2n) is 15.7. The molecule has 1 N–H and O–H groups in total. The number of halogens is 2. The van der Waals surface area contributed by atoms with Crippen LogP contribution < -0.4 is 14.2 Å². The lowest BCUT2D eigenvalue weighted by Gasteiger charge is -2.40. The molecule has 0 fully saturated rings.